The van der Waals surface area contributed by atoms with Crippen molar-refractivity contribution < 1.29 is 14.3 Å². The van der Waals surface area contributed by atoms with E-state index in [0.717, 1.165) is 19.3 Å². The number of carbonyl (C=O) groups is 1. The van der Waals surface area contributed by atoms with Crippen molar-refractivity contribution in [2.24, 2.45) is 5.92 Å². The number of amides is 2. The van der Waals surface area contributed by atoms with Crippen LogP contribution in [0.1, 0.15) is 32.6 Å². The van der Waals surface area contributed by atoms with Crippen LogP contribution < -0.4 is 15.4 Å². The van der Waals surface area contributed by atoms with Crippen molar-refractivity contribution >= 4 is 23.3 Å². The van der Waals surface area contributed by atoms with E-state index in [-0.39, 0.29) is 12.1 Å². The number of carbonyl (C=O) groups excluding carboxylic acids is 1. The minimum absolute atomic E-state index is 0.220. The van der Waals surface area contributed by atoms with Crippen LogP contribution in [0.4, 0.5) is 10.5 Å². The molecule has 0 saturated heterocycles. The minimum atomic E-state index is -0.220. The maximum absolute atomic E-state index is 12.3. The molecule has 128 valence electrons. The van der Waals surface area contributed by atoms with Gasteiger partial charge in [-0.2, -0.15) is 0 Å². The molecule has 0 spiro atoms. The molecule has 0 aliphatic heterocycles. The predicted molar refractivity (Wildman–Crippen MR) is 92.4 cm³/mol. The highest BCUT2D eigenvalue weighted by Gasteiger charge is 2.23. The van der Waals surface area contributed by atoms with Crippen molar-refractivity contribution in [3.63, 3.8) is 0 Å². The number of ether oxygens (including phenoxy) is 2. The first kappa shape index (κ1) is 17.9. The van der Waals surface area contributed by atoms with Gasteiger partial charge in [0, 0.05) is 13.2 Å². The van der Waals surface area contributed by atoms with Gasteiger partial charge in [-0.1, -0.05) is 37.4 Å². The summed E-state index contributed by atoms with van der Waals surface area (Å²) in [6, 6.07) is 5.29. The average molecular weight is 341 g/mol. The Kier molecular flexibility index (Phi) is 6.99. The molecule has 2 N–H and O–H groups in total. The monoisotopic (exact) mass is 340 g/mol. The summed E-state index contributed by atoms with van der Waals surface area (Å²) < 4.78 is 10.6. The summed E-state index contributed by atoms with van der Waals surface area (Å²) in [5.74, 6) is 0.976. The van der Waals surface area contributed by atoms with Crippen LogP contribution in [0.3, 0.4) is 0 Å². The molecule has 5 nitrogen and oxygen atoms in total. The Bertz CT molecular complexity index is 525. The molecule has 2 rings (SSSR count). The molecule has 1 aromatic rings. The highest BCUT2D eigenvalue weighted by atomic mass is 35.5. The van der Waals surface area contributed by atoms with Crippen LogP contribution in [0.25, 0.3) is 0 Å². The highest BCUT2D eigenvalue weighted by molar-refractivity contribution is 6.32. The maximum Gasteiger partial charge on any atom is 0.319 e. The van der Waals surface area contributed by atoms with Crippen LogP contribution in [0.15, 0.2) is 18.2 Å². The van der Waals surface area contributed by atoms with E-state index >= 15 is 0 Å². The number of anilines is 1. The second-order valence-electron chi connectivity index (χ2n) is 5.92. The molecule has 0 bridgehead atoms. The zero-order valence-corrected chi connectivity index (χ0v) is 14.5. The Hall–Kier alpha value is -1.46. The SMILES string of the molecule is COCCOc1c(Cl)cccc1NC(=O)NC1CCCCC1C. The number of urea groups is 1. The maximum atomic E-state index is 12.3. The lowest BCUT2D eigenvalue weighted by atomic mass is 9.86. The van der Waals surface area contributed by atoms with Gasteiger partial charge in [-0.25, -0.2) is 4.79 Å². The normalized spacial score (nSPS) is 20.8. The van der Waals surface area contributed by atoms with Crippen molar-refractivity contribution in [3.05, 3.63) is 23.2 Å². The largest absolute Gasteiger partial charge is 0.487 e. The summed E-state index contributed by atoms with van der Waals surface area (Å²) in [7, 11) is 1.61. The van der Waals surface area contributed by atoms with Gasteiger partial charge < -0.3 is 20.1 Å². The van der Waals surface area contributed by atoms with Crippen molar-refractivity contribution in [2.45, 2.75) is 38.6 Å². The average Bonchev–Trinajstić information content (AvgIpc) is 2.52. The lowest BCUT2D eigenvalue weighted by Gasteiger charge is -2.29. The Morgan fingerprint density at radius 3 is 2.83 bits per heavy atom. The molecule has 1 aromatic carbocycles. The molecule has 2 amide bonds. The van der Waals surface area contributed by atoms with Crippen LogP contribution in [-0.4, -0.2) is 32.4 Å². The van der Waals surface area contributed by atoms with Gasteiger partial charge >= 0.3 is 6.03 Å². The number of methoxy groups -OCH3 is 1. The lowest BCUT2D eigenvalue weighted by molar-refractivity contribution is 0.146. The molecule has 23 heavy (non-hydrogen) atoms. The van der Waals surface area contributed by atoms with E-state index in [1.54, 1.807) is 25.3 Å². The van der Waals surface area contributed by atoms with Crippen molar-refractivity contribution in [1.82, 2.24) is 5.32 Å². The first-order valence-electron chi connectivity index (χ1n) is 8.09. The molecule has 1 aliphatic carbocycles. The summed E-state index contributed by atoms with van der Waals surface area (Å²) in [4.78, 5) is 12.3. The van der Waals surface area contributed by atoms with Gasteiger partial charge in [-0.3, -0.25) is 0 Å². The minimum Gasteiger partial charge on any atom is -0.487 e. The first-order valence-corrected chi connectivity index (χ1v) is 8.47. The Balaban J connectivity index is 1.98. The summed E-state index contributed by atoms with van der Waals surface area (Å²) in [5, 5.41) is 6.37. The molecular formula is C17H25ClN2O3. The topological polar surface area (TPSA) is 59.6 Å². The summed E-state index contributed by atoms with van der Waals surface area (Å²) in [6.45, 7) is 3.01. The number of halogens is 1. The number of hydrogen-bond acceptors (Lipinski definition) is 3. The third kappa shape index (κ3) is 5.29. The third-order valence-electron chi connectivity index (χ3n) is 4.18. The van der Waals surface area contributed by atoms with Gasteiger partial charge in [0.25, 0.3) is 0 Å². The van der Waals surface area contributed by atoms with Crippen molar-refractivity contribution in [2.75, 3.05) is 25.6 Å². The van der Waals surface area contributed by atoms with Gasteiger partial charge in [0.05, 0.1) is 17.3 Å². The number of benzene rings is 1. The fourth-order valence-electron chi connectivity index (χ4n) is 2.84. The second kappa shape index (κ2) is 8.99. The molecule has 0 aromatic heterocycles. The van der Waals surface area contributed by atoms with Crippen molar-refractivity contribution in [3.8, 4) is 5.75 Å². The fraction of sp³-hybridized carbons (Fsp3) is 0.588. The smallest absolute Gasteiger partial charge is 0.319 e. The van der Waals surface area contributed by atoms with Crippen LogP contribution in [0.2, 0.25) is 5.02 Å². The third-order valence-corrected chi connectivity index (χ3v) is 4.47. The Morgan fingerprint density at radius 2 is 2.09 bits per heavy atom. The lowest BCUT2D eigenvalue weighted by Crippen LogP contribution is -2.43. The summed E-state index contributed by atoms with van der Waals surface area (Å²) >= 11 is 6.17. The van der Waals surface area contributed by atoms with E-state index in [1.165, 1.54) is 6.42 Å². The number of rotatable bonds is 6. The predicted octanol–water partition coefficient (Wildman–Crippen LogP) is 4.07. The Morgan fingerprint density at radius 1 is 1.30 bits per heavy atom. The quantitative estimate of drug-likeness (QED) is 0.767. The zero-order valence-electron chi connectivity index (χ0n) is 13.7. The molecule has 2 atom stereocenters. The molecule has 0 radical (unpaired) electrons. The molecule has 1 fully saturated rings. The van der Waals surface area contributed by atoms with E-state index in [2.05, 4.69) is 17.6 Å². The van der Waals surface area contributed by atoms with Crippen LogP contribution >= 0.6 is 11.6 Å². The van der Waals surface area contributed by atoms with Gasteiger partial charge in [-0.05, 0) is 30.9 Å². The van der Waals surface area contributed by atoms with Crippen LogP contribution in [0, 0.1) is 5.92 Å². The van der Waals surface area contributed by atoms with Crippen molar-refractivity contribution in [1.29, 1.82) is 0 Å². The molecular weight excluding hydrogens is 316 g/mol. The van der Waals surface area contributed by atoms with E-state index in [0.29, 0.717) is 35.6 Å². The first-order chi connectivity index (χ1) is 11.1. The fourth-order valence-corrected chi connectivity index (χ4v) is 3.07. The van der Waals surface area contributed by atoms with Gasteiger partial charge in [0.2, 0.25) is 0 Å². The van der Waals surface area contributed by atoms with Crippen LogP contribution in [0.5, 0.6) is 5.75 Å². The number of hydrogen-bond donors (Lipinski definition) is 2. The standard InChI is InChI=1S/C17H25ClN2O3/c1-12-6-3-4-8-14(12)19-17(21)20-15-9-5-7-13(18)16(15)23-11-10-22-2/h5,7,9,12,14H,3-4,6,8,10-11H2,1-2H3,(H2,19,20,21). The summed E-state index contributed by atoms with van der Waals surface area (Å²) in [6.07, 6.45) is 4.60. The van der Waals surface area contributed by atoms with E-state index in [4.69, 9.17) is 21.1 Å². The molecule has 1 aliphatic rings. The van der Waals surface area contributed by atoms with Gasteiger partial charge in [-0.15, -0.1) is 0 Å². The highest BCUT2D eigenvalue weighted by Crippen LogP contribution is 2.33. The molecule has 1 saturated carbocycles. The van der Waals surface area contributed by atoms with E-state index in [9.17, 15) is 4.79 Å². The number of nitrogens with one attached hydrogen (secondary N) is 2. The van der Waals surface area contributed by atoms with Gasteiger partial charge in [0.1, 0.15) is 6.61 Å². The second-order valence-corrected chi connectivity index (χ2v) is 6.33. The zero-order chi connectivity index (χ0) is 16.7. The van der Waals surface area contributed by atoms with E-state index in [1.807, 2.05) is 0 Å². The molecule has 2 unspecified atom stereocenters. The van der Waals surface area contributed by atoms with Gasteiger partial charge in [0.15, 0.2) is 5.75 Å². The van der Waals surface area contributed by atoms with Crippen LogP contribution in [-0.2, 0) is 4.74 Å². The molecule has 6 heteroatoms. The Labute approximate surface area is 142 Å². The van der Waals surface area contributed by atoms with E-state index < -0.39 is 0 Å². The number of para-hydroxylation sites is 1. The molecule has 0 heterocycles. The summed E-state index contributed by atoms with van der Waals surface area (Å²) in [5.41, 5.74) is 0.564.